The van der Waals surface area contributed by atoms with Gasteiger partial charge in [0.25, 0.3) is 0 Å². The second kappa shape index (κ2) is 8.03. The Morgan fingerprint density at radius 2 is 2.00 bits per heavy atom. The van der Waals surface area contributed by atoms with Crippen LogP contribution < -0.4 is 11.1 Å². The minimum atomic E-state index is -0.582. The van der Waals surface area contributed by atoms with E-state index >= 15 is 0 Å². The summed E-state index contributed by atoms with van der Waals surface area (Å²) in [6, 6.07) is 0. The highest BCUT2D eigenvalue weighted by Gasteiger charge is 2.23. The first-order valence-electron chi connectivity index (χ1n) is 5.64. The highest BCUT2D eigenvalue weighted by molar-refractivity contribution is 5.80. The maximum Gasteiger partial charge on any atom is 0.332 e. The van der Waals surface area contributed by atoms with E-state index < -0.39 is 5.41 Å². The van der Waals surface area contributed by atoms with Crippen molar-refractivity contribution < 1.29 is 19.1 Å². The third-order valence-electron chi connectivity index (χ3n) is 2.18. The third-order valence-corrected chi connectivity index (χ3v) is 2.18. The first-order chi connectivity index (χ1) is 7.90. The number of carbonyl (C=O) groups excluding carboxylic acids is 2. The molecule has 17 heavy (non-hydrogen) atoms. The van der Waals surface area contributed by atoms with Crippen LogP contribution in [0.2, 0.25) is 0 Å². The number of amides is 1. The Morgan fingerprint density at radius 1 is 1.35 bits per heavy atom. The molecule has 0 spiro atoms. The number of esters is 1. The molecule has 0 aliphatic rings. The zero-order chi connectivity index (χ0) is 13.3. The summed E-state index contributed by atoms with van der Waals surface area (Å²) in [5.41, 5.74) is 4.63. The van der Waals surface area contributed by atoms with Crippen molar-refractivity contribution in [3.8, 4) is 0 Å². The lowest BCUT2D eigenvalue weighted by atomic mass is 9.93. The molecule has 0 aliphatic carbocycles. The molecule has 0 rings (SSSR count). The molecule has 0 radical (unpaired) electrons. The lowest BCUT2D eigenvalue weighted by molar-refractivity contribution is -0.148. The standard InChI is InChI=1S/C11H22N2O4/c1-4-17-9(14)7-16-6-5-13-8-11(2,3)10(12)15/h13H,4-8H2,1-3H3,(H2,12,15). The van der Waals surface area contributed by atoms with Crippen LogP contribution in [0.25, 0.3) is 0 Å². The SMILES string of the molecule is CCOC(=O)COCCNCC(C)(C)C(N)=O. The number of hydrogen-bond donors (Lipinski definition) is 2. The summed E-state index contributed by atoms with van der Waals surface area (Å²) in [6.07, 6.45) is 0. The van der Waals surface area contributed by atoms with Crippen molar-refractivity contribution >= 4 is 11.9 Å². The molecule has 0 saturated carbocycles. The second-order valence-electron chi connectivity index (χ2n) is 4.28. The van der Waals surface area contributed by atoms with E-state index in [0.29, 0.717) is 26.3 Å². The molecule has 0 unspecified atom stereocenters. The predicted molar refractivity (Wildman–Crippen MR) is 63.3 cm³/mol. The second-order valence-corrected chi connectivity index (χ2v) is 4.28. The van der Waals surface area contributed by atoms with Gasteiger partial charge in [-0.2, -0.15) is 0 Å². The fourth-order valence-electron chi connectivity index (χ4n) is 0.990. The number of hydrogen-bond acceptors (Lipinski definition) is 5. The fraction of sp³-hybridized carbons (Fsp3) is 0.818. The van der Waals surface area contributed by atoms with Crippen LogP contribution in [0.4, 0.5) is 0 Å². The lowest BCUT2D eigenvalue weighted by Crippen LogP contribution is -2.41. The van der Waals surface area contributed by atoms with Crippen LogP contribution in [0.5, 0.6) is 0 Å². The van der Waals surface area contributed by atoms with Gasteiger partial charge in [-0.15, -0.1) is 0 Å². The molecule has 0 aromatic rings. The van der Waals surface area contributed by atoms with Crippen molar-refractivity contribution in [2.24, 2.45) is 11.1 Å². The molecule has 6 heteroatoms. The van der Waals surface area contributed by atoms with Crippen LogP contribution in [0.1, 0.15) is 20.8 Å². The summed E-state index contributed by atoms with van der Waals surface area (Å²) in [5, 5.41) is 3.03. The van der Waals surface area contributed by atoms with Crippen LogP contribution >= 0.6 is 0 Å². The molecule has 0 aliphatic heterocycles. The quantitative estimate of drug-likeness (QED) is 0.429. The lowest BCUT2D eigenvalue weighted by Gasteiger charge is -2.20. The van der Waals surface area contributed by atoms with Crippen molar-refractivity contribution in [3.05, 3.63) is 0 Å². The number of rotatable bonds is 9. The van der Waals surface area contributed by atoms with E-state index in [9.17, 15) is 9.59 Å². The normalized spacial score (nSPS) is 11.2. The molecule has 3 N–H and O–H groups in total. The molecule has 0 heterocycles. The first kappa shape index (κ1) is 15.9. The highest BCUT2D eigenvalue weighted by Crippen LogP contribution is 2.11. The fourth-order valence-corrected chi connectivity index (χ4v) is 0.990. The van der Waals surface area contributed by atoms with Crippen molar-refractivity contribution in [2.75, 3.05) is 32.9 Å². The van der Waals surface area contributed by atoms with Gasteiger partial charge in [0.05, 0.1) is 18.6 Å². The smallest absolute Gasteiger partial charge is 0.332 e. The summed E-state index contributed by atoms with van der Waals surface area (Å²) in [4.78, 5) is 21.9. The van der Waals surface area contributed by atoms with Crippen molar-refractivity contribution in [1.82, 2.24) is 5.32 Å². The molecule has 100 valence electrons. The molecule has 6 nitrogen and oxygen atoms in total. The van der Waals surface area contributed by atoms with Gasteiger partial charge in [0.1, 0.15) is 6.61 Å². The van der Waals surface area contributed by atoms with E-state index in [0.717, 1.165) is 0 Å². The molecule has 0 fully saturated rings. The number of ether oxygens (including phenoxy) is 2. The molecular weight excluding hydrogens is 224 g/mol. The maximum absolute atomic E-state index is 11.0. The largest absolute Gasteiger partial charge is 0.464 e. The Kier molecular flexibility index (Phi) is 7.49. The highest BCUT2D eigenvalue weighted by atomic mass is 16.6. The van der Waals surface area contributed by atoms with E-state index in [2.05, 4.69) is 10.1 Å². The van der Waals surface area contributed by atoms with Gasteiger partial charge in [-0.3, -0.25) is 4.79 Å². The zero-order valence-corrected chi connectivity index (χ0v) is 10.7. The van der Waals surface area contributed by atoms with Crippen LogP contribution in [-0.2, 0) is 19.1 Å². The summed E-state index contributed by atoms with van der Waals surface area (Å²) >= 11 is 0. The molecule has 0 atom stereocenters. The third kappa shape index (κ3) is 7.70. The van der Waals surface area contributed by atoms with Crippen LogP contribution in [-0.4, -0.2) is 44.8 Å². The Bertz CT molecular complexity index is 254. The average Bonchev–Trinajstić information content (AvgIpc) is 2.23. The van der Waals surface area contributed by atoms with E-state index in [1.807, 2.05) is 0 Å². The number of nitrogens with one attached hydrogen (secondary N) is 1. The Morgan fingerprint density at radius 3 is 2.53 bits per heavy atom. The van der Waals surface area contributed by atoms with Gasteiger partial charge in [-0.25, -0.2) is 4.79 Å². The molecular formula is C11H22N2O4. The summed E-state index contributed by atoms with van der Waals surface area (Å²) in [6.45, 7) is 6.99. The average molecular weight is 246 g/mol. The Hall–Kier alpha value is -1.14. The monoisotopic (exact) mass is 246 g/mol. The molecule has 0 bridgehead atoms. The number of nitrogens with two attached hydrogens (primary N) is 1. The van der Waals surface area contributed by atoms with Crippen molar-refractivity contribution in [1.29, 1.82) is 0 Å². The van der Waals surface area contributed by atoms with Gasteiger partial charge in [-0.1, -0.05) is 0 Å². The van der Waals surface area contributed by atoms with Gasteiger partial charge in [0.2, 0.25) is 5.91 Å². The van der Waals surface area contributed by atoms with E-state index in [1.54, 1.807) is 20.8 Å². The maximum atomic E-state index is 11.0. The number of carbonyl (C=O) groups is 2. The zero-order valence-electron chi connectivity index (χ0n) is 10.7. The van der Waals surface area contributed by atoms with E-state index in [4.69, 9.17) is 10.5 Å². The van der Waals surface area contributed by atoms with Crippen LogP contribution in [0, 0.1) is 5.41 Å². The Balaban J connectivity index is 3.47. The van der Waals surface area contributed by atoms with Crippen molar-refractivity contribution in [2.45, 2.75) is 20.8 Å². The Labute approximate surface area is 102 Å². The summed E-state index contributed by atoms with van der Waals surface area (Å²) in [5.74, 6) is -0.720. The molecule has 0 aromatic heterocycles. The van der Waals surface area contributed by atoms with Gasteiger partial charge >= 0.3 is 5.97 Å². The van der Waals surface area contributed by atoms with Crippen LogP contribution in [0.15, 0.2) is 0 Å². The minimum Gasteiger partial charge on any atom is -0.464 e. The van der Waals surface area contributed by atoms with E-state index in [1.165, 1.54) is 0 Å². The minimum absolute atomic E-state index is 0.0469. The summed E-state index contributed by atoms with van der Waals surface area (Å²) < 4.78 is 9.76. The molecule has 0 aromatic carbocycles. The van der Waals surface area contributed by atoms with Gasteiger partial charge < -0.3 is 20.5 Å². The molecule has 1 amide bonds. The topological polar surface area (TPSA) is 90.7 Å². The summed E-state index contributed by atoms with van der Waals surface area (Å²) in [7, 11) is 0. The number of primary amides is 1. The van der Waals surface area contributed by atoms with Crippen molar-refractivity contribution in [3.63, 3.8) is 0 Å². The van der Waals surface area contributed by atoms with E-state index in [-0.39, 0.29) is 18.5 Å². The van der Waals surface area contributed by atoms with Gasteiger partial charge in [0, 0.05) is 13.1 Å². The predicted octanol–water partition coefficient (Wildman–Crippen LogP) is -0.333. The van der Waals surface area contributed by atoms with Crippen LogP contribution in [0.3, 0.4) is 0 Å². The molecule has 0 saturated heterocycles. The first-order valence-corrected chi connectivity index (χ1v) is 5.64. The van der Waals surface area contributed by atoms with Gasteiger partial charge in [-0.05, 0) is 20.8 Å². The van der Waals surface area contributed by atoms with Gasteiger partial charge in [0.15, 0.2) is 0 Å².